The minimum atomic E-state index is 0.341. The molecule has 0 aliphatic carbocycles. The van der Waals surface area contributed by atoms with Crippen molar-refractivity contribution in [3.05, 3.63) is 89.5 Å². The van der Waals surface area contributed by atoms with E-state index in [2.05, 4.69) is 56.3 Å². The Morgan fingerprint density at radius 3 is 2.14 bits per heavy atom. The number of benzene rings is 4. The van der Waals surface area contributed by atoms with Crippen molar-refractivity contribution >= 4 is 21.9 Å². The van der Waals surface area contributed by atoms with E-state index < -0.39 is 0 Å². The largest absolute Gasteiger partial charge is 0.507 e. The standard InChI is InChI=1S/C27H22O2/c1-16-8-10-25-22(12-16)23-14-19(9-11-26(23)29-25)20-13-18(3)27(28)24(15-20)21-7-5-4-6-17(21)2/h4-15,28H,1-3H3. The fourth-order valence-electron chi connectivity index (χ4n) is 4.10. The zero-order valence-corrected chi connectivity index (χ0v) is 16.8. The van der Waals surface area contributed by atoms with Gasteiger partial charge >= 0.3 is 0 Å². The van der Waals surface area contributed by atoms with Crippen LogP contribution in [0.5, 0.6) is 5.75 Å². The van der Waals surface area contributed by atoms with Crippen molar-refractivity contribution in [2.75, 3.05) is 0 Å². The van der Waals surface area contributed by atoms with Crippen molar-refractivity contribution in [3.8, 4) is 28.0 Å². The molecule has 0 saturated heterocycles. The van der Waals surface area contributed by atoms with E-state index in [1.165, 1.54) is 5.56 Å². The van der Waals surface area contributed by atoms with Crippen molar-refractivity contribution in [1.82, 2.24) is 0 Å². The van der Waals surface area contributed by atoms with Crippen molar-refractivity contribution < 1.29 is 9.52 Å². The Labute approximate surface area is 170 Å². The number of phenols is 1. The molecule has 0 unspecified atom stereocenters. The first-order valence-corrected chi connectivity index (χ1v) is 9.84. The third-order valence-corrected chi connectivity index (χ3v) is 5.69. The Bertz CT molecular complexity index is 1390. The van der Waals surface area contributed by atoms with Crippen LogP contribution in [0.25, 0.3) is 44.2 Å². The van der Waals surface area contributed by atoms with Crippen LogP contribution >= 0.6 is 0 Å². The summed E-state index contributed by atoms with van der Waals surface area (Å²) in [4.78, 5) is 0. The second-order valence-electron chi connectivity index (χ2n) is 7.82. The molecule has 5 aromatic rings. The van der Waals surface area contributed by atoms with Gasteiger partial charge in [0.15, 0.2) is 0 Å². The van der Waals surface area contributed by atoms with Gasteiger partial charge in [-0.3, -0.25) is 0 Å². The van der Waals surface area contributed by atoms with E-state index in [1.54, 1.807) is 0 Å². The van der Waals surface area contributed by atoms with Gasteiger partial charge in [0, 0.05) is 16.3 Å². The second-order valence-corrected chi connectivity index (χ2v) is 7.82. The summed E-state index contributed by atoms with van der Waals surface area (Å²) in [5, 5.41) is 13.0. The van der Waals surface area contributed by atoms with Crippen LogP contribution in [0.1, 0.15) is 16.7 Å². The highest BCUT2D eigenvalue weighted by atomic mass is 16.3. The number of furan rings is 1. The average molecular weight is 378 g/mol. The third-order valence-electron chi connectivity index (χ3n) is 5.69. The molecule has 142 valence electrons. The Morgan fingerprint density at radius 1 is 0.621 bits per heavy atom. The Morgan fingerprint density at radius 2 is 1.34 bits per heavy atom. The van der Waals surface area contributed by atoms with Gasteiger partial charge in [0.05, 0.1) is 0 Å². The summed E-state index contributed by atoms with van der Waals surface area (Å²) >= 11 is 0. The first-order chi connectivity index (χ1) is 14.0. The molecule has 0 amide bonds. The molecular formula is C27H22O2. The lowest BCUT2D eigenvalue weighted by atomic mass is 9.93. The van der Waals surface area contributed by atoms with Gasteiger partial charge in [0.25, 0.3) is 0 Å². The number of hydrogen-bond acceptors (Lipinski definition) is 2. The lowest BCUT2D eigenvalue weighted by molar-refractivity contribution is 0.473. The molecule has 4 aromatic carbocycles. The predicted octanol–water partition coefficient (Wildman–Crippen LogP) is 7.55. The van der Waals surface area contributed by atoms with Crippen molar-refractivity contribution in [2.24, 2.45) is 0 Å². The highest BCUT2D eigenvalue weighted by Gasteiger charge is 2.14. The van der Waals surface area contributed by atoms with E-state index >= 15 is 0 Å². The molecule has 29 heavy (non-hydrogen) atoms. The van der Waals surface area contributed by atoms with Gasteiger partial charge in [0.2, 0.25) is 0 Å². The highest BCUT2D eigenvalue weighted by Crippen LogP contribution is 2.39. The highest BCUT2D eigenvalue weighted by molar-refractivity contribution is 6.06. The van der Waals surface area contributed by atoms with E-state index in [0.29, 0.717) is 5.75 Å². The van der Waals surface area contributed by atoms with E-state index in [0.717, 1.165) is 55.3 Å². The van der Waals surface area contributed by atoms with Gasteiger partial charge in [-0.15, -0.1) is 0 Å². The number of aryl methyl sites for hydroxylation is 3. The van der Waals surface area contributed by atoms with Gasteiger partial charge in [-0.2, -0.15) is 0 Å². The summed E-state index contributed by atoms with van der Waals surface area (Å²) < 4.78 is 6.01. The molecule has 2 nitrogen and oxygen atoms in total. The summed E-state index contributed by atoms with van der Waals surface area (Å²) in [5.74, 6) is 0.341. The van der Waals surface area contributed by atoms with Gasteiger partial charge in [-0.05, 0) is 85.0 Å². The molecule has 5 rings (SSSR count). The van der Waals surface area contributed by atoms with Crippen LogP contribution < -0.4 is 0 Å². The summed E-state index contributed by atoms with van der Waals surface area (Å²) in [7, 11) is 0. The summed E-state index contributed by atoms with van der Waals surface area (Å²) in [5.41, 5.74) is 9.15. The van der Waals surface area contributed by atoms with Gasteiger partial charge < -0.3 is 9.52 Å². The summed E-state index contributed by atoms with van der Waals surface area (Å²) in [6, 6.07) is 24.9. The number of phenolic OH excluding ortho intramolecular Hbond substituents is 1. The van der Waals surface area contributed by atoms with Gasteiger partial charge in [-0.25, -0.2) is 0 Å². The molecule has 0 aliphatic heterocycles. The van der Waals surface area contributed by atoms with Crippen LogP contribution in [0.15, 0.2) is 77.2 Å². The first kappa shape index (κ1) is 17.6. The molecule has 0 radical (unpaired) electrons. The van der Waals surface area contributed by atoms with Crippen LogP contribution in [-0.2, 0) is 0 Å². The second kappa shape index (κ2) is 6.52. The quantitative estimate of drug-likeness (QED) is 0.344. The van der Waals surface area contributed by atoms with Crippen LogP contribution in [-0.4, -0.2) is 5.11 Å². The lowest BCUT2D eigenvalue weighted by Crippen LogP contribution is -1.89. The summed E-state index contributed by atoms with van der Waals surface area (Å²) in [6.07, 6.45) is 0. The Balaban J connectivity index is 1.73. The zero-order chi connectivity index (χ0) is 20.1. The fourth-order valence-corrected chi connectivity index (χ4v) is 4.10. The Kier molecular flexibility index (Phi) is 3.95. The molecule has 0 spiro atoms. The van der Waals surface area contributed by atoms with Crippen LogP contribution in [0.2, 0.25) is 0 Å². The van der Waals surface area contributed by atoms with E-state index in [1.807, 2.05) is 37.3 Å². The molecule has 0 bridgehead atoms. The van der Waals surface area contributed by atoms with E-state index in [9.17, 15) is 5.11 Å². The van der Waals surface area contributed by atoms with Crippen LogP contribution in [0.3, 0.4) is 0 Å². The Hall–Kier alpha value is -3.52. The molecule has 0 saturated carbocycles. The van der Waals surface area contributed by atoms with E-state index in [4.69, 9.17) is 4.42 Å². The van der Waals surface area contributed by atoms with Crippen LogP contribution in [0.4, 0.5) is 0 Å². The number of aromatic hydroxyl groups is 1. The smallest absolute Gasteiger partial charge is 0.135 e. The molecule has 0 fully saturated rings. The maximum absolute atomic E-state index is 10.7. The first-order valence-electron chi connectivity index (χ1n) is 9.84. The van der Waals surface area contributed by atoms with Crippen molar-refractivity contribution in [1.29, 1.82) is 0 Å². The average Bonchev–Trinajstić information content (AvgIpc) is 3.07. The van der Waals surface area contributed by atoms with Crippen LogP contribution in [0, 0.1) is 20.8 Å². The molecule has 0 aliphatic rings. The maximum atomic E-state index is 10.7. The number of rotatable bonds is 2. The van der Waals surface area contributed by atoms with E-state index in [-0.39, 0.29) is 0 Å². The maximum Gasteiger partial charge on any atom is 0.135 e. The monoisotopic (exact) mass is 378 g/mol. The molecule has 1 heterocycles. The third kappa shape index (κ3) is 2.89. The topological polar surface area (TPSA) is 33.4 Å². The molecule has 2 heteroatoms. The molecular weight excluding hydrogens is 356 g/mol. The minimum absolute atomic E-state index is 0.341. The lowest BCUT2D eigenvalue weighted by Gasteiger charge is -2.13. The normalized spacial score (nSPS) is 11.4. The van der Waals surface area contributed by atoms with Crippen molar-refractivity contribution in [2.45, 2.75) is 20.8 Å². The summed E-state index contributed by atoms with van der Waals surface area (Å²) in [6.45, 7) is 6.12. The predicted molar refractivity (Wildman–Crippen MR) is 120 cm³/mol. The molecule has 1 N–H and O–H groups in total. The molecule has 0 atom stereocenters. The van der Waals surface area contributed by atoms with Gasteiger partial charge in [0.1, 0.15) is 16.9 Å². The van der Waals surface area contributed by atoms with Gasteiger partial charge in [-0.1, -0.05) is 42.0 Å². The number of hydrogen-bond donors (Lipinski definition) is 1. The SMILES string of the molecule is Cc1ccc2oc3ccc(-c4cc(C)c(O)c(-c5ccccc5C)c4)cc3c2c1. The fraction of sp³-hybridized carbons (Fsp3) is 0.111. The van der Waals surface area contributed by atoms with Crippen molar-refractivity contribution in [3.63, 3.8) is 0 Å². The zero-order valence-electron chi connectivity index (χ0n) is 16.8. The molecule has 1 aromatic heterocycles. The number of fused-ring (bicyclic) bond motifs is 3. The minimum Gasteiger partial charge on any atom is -0.507 e.